The van der Waals surface area contributed by atoms with Gasteiger partial charge in [-0.3, -0.25) is 0 Å². The van der Waals surface area contributed by atoms with Crippen molar-refractivity contribution < 1.29 is 0 Å². The van der Waals surface area contributed by atoms with E-state index in [1.54, 1.807) is 0 Å². The summed E-state index contributed by atoms with van der Waals surface area (Å²) in [5.41, 5.74) is 0. The van der Waals surface area contributed by atoms with Gasteiger partial charge < -0.3 is 4.90 Å². The number of hydrogen-bond donors (Lipinski definition) is 0. The highest BCUT2D eigenvalue weighted by Gasteiger charge is 2.22. The molecule has 0 aromatic carbocycles. The summed E-state index contributed by atoms with van der Waals surface area (Å²) in [6, 6.07) is 0.818. The lowest BCUT2D eigenvalue weighted by Crippen LogP contribution is -2.41. The summed E-state index contributed by atoms with van der Waals surface area (Å²) in [7, 11) is 0. The fourth-order valence-corrected chi connectivity index (χ4v) is 1.87. The SMILES string of the molecule is CCN1CCC[C@H](C)[C@@H]1C. The topological polar surface area (TPSA) is 3.24 Å². The van der Waals surface area contributed by atoms with Crippen molar-refractivity contribution in [2.75, 3.05) is 13.1 Å². The van der Waals surface area contributed by atoms with Crippen molar-refractivity contribution >= 4 is 0 Å². The molecule has 1 heteroatoms. The summed E-state index contributed by atoms with van der Waals surface area (Å²) >= 11 is 0. The molecule has 1 nitrogen and oxygen atoms in total. The van der Waals surface area contributed by atoms with Crippen molar-refractivity contribution in [1.29, 1.82) is 0 Å². The van der Waals surface area contributed by atoms with Gasteiger partial charge in [-0.05, 0) is 38.8 Å². The second-order valence-electron chi connectivity index (χ2n) is 3.49. The van der Waals surface area contributed by atoms with E-state index in [-0.39, 0.29) is 0 Å². The van der Waals surface area contributed by atoms with Gasteiger partial charge in [0, 0.05) is 6.04 Å². The van der Waals surface area contributed by atoms with Gasteiger partial charge in [0.25, 0.3) is 0 Å². The van der Waals surface area contributed by atoms with Crippen molar-refractivity contribution in [2.24, 2.45) is 5.92 Å². The average Bonchev–Trinajstić information content (AvgIpc) is 1.95. The van der Waals surface area contributed by atoms with E-state index >= 15 is 0 Å². The lowest BCUT2D eigenvalue weighted by atomic mass is 9.92. The zero-order chi connectivity index (χ0) is 7.56. The molecule has 10 heavy (non-hydrogen) atoms. The minimum absolute atomic E-state index is 0.818. The maximum atomic E-state index is 2.58. The van der Waals surface area contributed by atoms with E-state index in [1.165, 1.54) is 25.9 Å². The van der Waals surface area contributed by atoms with Gasteiger partial charge in [-0.15, -0.1) is 0 Å². The van der Waals surface area contributed by atoms with Crippen LogP contribution in [-0.2, 0) is 0 Å². The maximum absolute atomic E-state index is 2.58. The summed E-state index contributed by atoms with van der Waals surface area (Å²) in [4.78, 5) is 2.58. The molecule has 0 amide bonds. The highest BCUT2D eigenvalue weighted by molar-refractivity contribution is 4.77. The Labute approximate surface area is 64.4 Å². The van der Waals surface area contributed by atoms with Crippen LogP contribution >= 0.6 is 0 Å². The number of rotatable bonds is 1. The second kappa shape index (κ2) is 3.38. The van der Waals surface area contributed by atoms with Crippen molar-refractivity contribution in [3.05, 3.63) is 0 Å². The van der Waals surface area contributed by atoms with Crippen LogP contribution in [0.5, 0.6) is 0 Å². The number of piperidine rings is 1. The molecule has 0 spiro atoms. The van der Waals surface area contributed by atoms with Crippen LogP contribution in [-0.4, -0.2) is 24.0 Å². The monoisotopic (exact) mass is 141 g/mol. The molecule has 0 radical (unpaired) electrons. The van der Waals surface area contributed by atoms with E-state index in [9.17, 15) is 0 Å². The van der Waals surface area contributed by atoms with Crippen LogP contribution in [0.25, 0.3) is 0 Å². The van der Waals surface area contributed by atoms with Crippen LogP contribution in [0.3, 0.4) is 0 Å². The Hall–Kier alpha value is -0.0400. The molecule has 0 aromatic rings. The molecule has 1 rings (SSSR count). The molecule has 0 N–H and O–H groups in total. The number of likely N-dealkylation sites (tertiary alicyclic amines) is 1. The van der Waals surface area contributed by atoms with Crippen LogP contribution in [0.2, 0.25) is 0 Å². The Morgan fingerprint density at radius 3 is 2.60 bits per heavy atom. The normalized spacial score (nSPS) is 36.3. The third kappa shape index (κ3) is 1.51. The van der Waals surface area contributed by atoms with Gasteiger partial charge in [-0.25, -0.2) is 0 Å². The molecule has 60 valence electrons. The zero-order valence-corrected chi connectivity index (χ0v) is 7.43. The fraction of sp³-hybridized carbons (Fsp3) is 1.00. The largest absolute Gasteiger partial charge is 0.301 e. The molecule has 0 aromatic heterocycles. The summed E-state index contributed by atoms with van der Waals surface area (Å²) < 4.78 is 0. The van der Waals surface area contributed by atoms with Crippen molar-refractivity contribution in [3.63, 3.8) is 0 Å². The molecule has 2 atom stereocenters. The average molecular weight is 141 g/mol. The Balaban J connectivity index is 2.42. The van der Waals surface area contributed by atoms with Gasteiger partial charge in [0.2, 0.25) is 0 Å². The minimum atomic E-state index is 0.818. The zero-order valence-electron chi connectivity index (χ0n) is 7.43. The van der Waals surface area contributed by atoms with Gasteiger partial charge in [-0.2, -0.15) is 0 Å². The van der Waals surface area contributed by atoms with Crippen molar-refractivity contribution in [1.82, 2.24) is 4.90 Å². The Kier molecular flexibility index (Phi) is 2.72. The van der Waals surface area contributed by atoms with Gasteiger partial charge in [0.15, 0.2) is 0 Å². The first-order valence-electron chi connectivity index (χ1n) is 4.49. The predicted octanol–water partition coefficient (Wildman–Crippen LogP) is 2.13. The fourth-order valence-electron chi connectivity index (χ4n) is 1.87. The quantitative estimate of drug-likeness (QED) is 0.540. The van der Waals surface area contributed by atoms with E-state index in [0.717, 1.165) is 12.0 Å². The first-order valence-corrected chi connectivity index (χ1v) is 4.49. The van der Waals surface area contributed by atoms with E-state index in [1.807, 2.05) is 0 Å². The second-order valence-corrected chi connectivity index (χ2v) is 3.49. The van der Waals surface area contributed by atoms with E-state index in [4.69, 9.17) is 0 Å². The standard InChI is InChI=1S/C9H19N/c1-4-10-7-5-6-8(2)9(10)3/h8-9H,4-7H2,1-3H3/t8-,9-/m0/s1. The molecular formula is C9H19N. The molecule has 0 unspecified atom stereocenters. The number of hydrogen-bond acceptors (Lipinski definition) is 1. The highest BCUT2D eigenvalue weighted by atomic mass is 15.2. The molecule has 0 aliphatic carbocycles. The van der Waals surface area contributed by atoms with E-state index < -0.39 is 0 Å². The molecule has 1 saturated heterocycles. The lowest BCUT2D eigenvalue weighted by molar-refractivity contribution is 0.120. The summed E-state index contributed by atoms with van der Waals surface area (Å²) in [5.74, 6) is 0.911. The maximum Gasteiger partial charge on any atom is 0.00924 e. The van der Waals surface area contributed by atoms with E-state index in [0.29, 0.717) is 0 Å². The van der Waals surface area contributed by atoms with Crippen LogP contribution < -0.4 is 0 Å². The Bertz CT molecular complexity index is 101. The minimum Gasteiger partial charge on any atom is -0.301 e. The Morgan fingerprint density at radius 2 is 2.10 bits per heavy atom. The predicted molar refractivity (Wildman–Crippen MR) is 45.1 cm³/mol. The molecular weight excluding hydrogens is 122 g/mol. The first kappa shape index (κ1) is 8.06. The highest BCUT2D eigenvalue weighted by Crippen LogP contribution is 2.21. The third-order valence-electron chi connectivity index (χ3n) is 2.91. The summed E-state index contributed by atoms with van der Waals surface area (Å²) in [6.45, 7) is 9.53. The van der Waals surface area contributed by atoms with Crippen molar-refractivity contribution in [2.45, 2.75) is 39.7 Å². The number of nitrogens with zero attached hydrogens (tertiary/aromatic N) is 1. The third-order valence-corrected chi connectivity index (χ3v) is 2.91. The van der Waals surface area contributed by atoms with Gasteiger partial charge >= 0.3 is 0 Å². The van der Waals surface area contributed by atoms with Crippen molar-refractivity contribution in [3.8, 4) is 0 Å². The smallest absolute Gasteiger partial charge is 0.00924 e. The van der Waals surface area contributed by atoms with Gasteiger partial charge in [0.1, 0.15) is 0 Å². The molecule has 0 saturated carbocycles. The van der Waals surface area contributed by atoms with Crippen LogP contribution in [0.15, 0.2) is 0 Å². The van der Waals surface area contributed by atoms with Crippen LogP contribution in [0, 0.1) is 5.92 Å². The summed E-state index contributed by atoms with van der Waals surface area (Å²) in [5, 5.41) is 0. The van der Waals surface area contributed by atoms with Gasteiger partial charge in [-0.1, -0.05) is 13.8 Å². The molecule has 1 fully saturated rings. The first-order chi connectivity index (χ1) is 4.75. The molecule has 0 bridgehead atoms. The molecule has 1 aliphatic rings. The van der Waals surface area contributed by atoms with E-state index in [2.05, 4.69) is 25.7 Å². The summed E-state index contributed by atoms with van der Waals surface area (Å²) in [6.07, 6.45) is 2.83. The lowest BCUT2D eigenvalue weighted by Gasteiger charge is -2.37. The molecule has 1 aliphatic heterocycles. The Morgan fingerprint density at radius 1 is 1.40 bits per heavy atom. The van der Waals surface area contributed by atoms with Crippen LogP contribution in [0.1, 0.15) is 33.6 Å². The molecule has 1 heterocycles. The van der Waals surface area contributed by atoms with Gasteiger partial charge in [0.05, 0.1) is 0 Å². The van der Waals surface area contributed by atoms with Crippen LogP contribution in [0.4, 0.5) is 0 Å².